The maximum atomic E-state index is 14.8. The minimum absolute atomic E-state index is 0.0205. The average molecular weight is 495 g/mol. The van der Waals surface area contributed by atoms with Crippen molar-refractivity contribution in [2.45, 2.75) is 43.9 Å². The molecule has 1 aromatic carbocycles. The number of carbonyl (C=O) groups excluding carboxylic acids is 1. The van der Waals surface area contributed by atoms with Crippen LogP contribution in [-0.4, -0.2) is 33.8 Å². The lowest BCUT2D eigenvalue weighted by Crippen LogP contribution is -2.44. The normalized spacial score (nSPS) is 22.1. The lowest BCUT2D eigenvalue weighted by molar-refractivity contribution is 0.0892. The number of aryl methyl sites for hydroxylation is 1. The van der Waals surface area contributed by atoms with Gasteiger partial charge < -0.3 is 15.8 Å². The van der Waals surface area contributed by atoms with Crippen molar-refractivity contribution in [1.29, 1.82) is 0 Å². The van der Waals surface area contributed by atoms with Gasteiger partial charge in [-0.2, -0.15) is 0 Å². The van der Waals surface area contributed by atoms with Crippen LogP contribution in [0.25, 0.3) is 0 Å². The summed E-state index contributed by atoms with van der Waals surface area (Å²) in [6, 6.07) is 3.50. The van der Waals surface area contributed by atoms with Crippen LogP contribution < -0.4 is 15.8 Å². The Kier molecular flexibility index (Phi) is 7.12. The number of hydrogen-bond acceptors (Lipinski definition) is 6. The second-order valence-electron chi connectivity index (χ2n) is 8.22. The van der Waals surface area contributed by atoms with Crippen molar-refractivity contribution in [3.05, 3.63) is 52.9 Å². The smallest absolute Gasteiger partial charge is 0.274 e. The number of hydrogen-bond donors (Lipinski definition) is 2. The van der Waals surface area contributed by atoms with Gasteiger partial charge >= 0.3 is 0 Å². The Morgan fingerprint density at radius 3 is 2.68 bits per heavy atom. The van der Waals surface area contributed by atoms with E-state index in [4.69, 9.17) is 16.9 Å². The Balaban J connectivity index is 1.94. The molecule has 0 saturated heterocycles. The number of amidine groups is 1. The Morgan fingerprint density at radius 1 is 1.35 bits per heavy atom. The van der Waals surface area contributed by atoms with Crippen LogP contribution in [0.5, 0.6) is 5.75 Å². The highest BCUT2D eigenvalue weighted by molar-refractivity contribution is 8.15. The molecule has 3 rings (SSSR count). The first-order valence-electron chi connectivity index (χ1n) is 10.0. The maximum Gasteiger partial charge on any atom is 0.274 e. The summed E-state index contributed by atoms with van der Waals surface area (Å²) in [7, 11) is 0. The molecule has 0 bridgehead atoms. The monoisotopic (exact) mass is 494 g/mol. The Bertz CT molecular complexity index is 1200. The number of aromatic nitrogens is 1. The fourth-order valence-corrected chi connectivity index (χ4v) is 4.94. The Labute approximate surface area is 198 Å². The molecule has 1 amide bonds. The zero-order valence-corrected chi connectivity index (χ0v) is 19.4. The largest absolute Gasteiger partial charge is 0.479 e. The third-order valence-electron chi connectivity index (χ3n) is 5.31. The van der Waals surface area contributed by atoms with Crippen LogP contribution in [0.2, 0.25) is 0 Å². The predicted octanol–water partition coefficient (Wildman–Crippen LogP) is 4.62. The van der Waals surface area contributed by atoms with Gasteiger partial charge in [0, 0.05) is 17.3 Å². The van der Waals surface area contributed by atoms with E-state index in [-0.39, 0.29) is 35.1 Å². The molecule has 180 valence electrons. The van der Waals surface area contributed by atoms with Crippen molar-refractivity contribution >= 4 is 28.5 Å². The van der Waals surface area contributed by atoms with E-state index in [1.165, 1.54) is 20.0 Å². The molecule has 34 heavy (non-hydrogen) atoms. The molecule has 1 aliphatic heterocycles. The molecular weight excluding hydrogens is 472 g/mol. The first-order chi connectivity index (χ1) is 15.9. The number of nitrogens with two attached hydrogens (primary N) is 1. The lowest BCUT2D eigenvalue weighted by atomic mass is 9.82. The second-order valence-corrected chi connectivity index (χ2v) is 9.77. The molecule has 2 heterocycles. The predicted molar refractivity (Wildman–Crippen MR) is 123 cm³/mol. The lowest BCUT2D eigenvalue weighted by Gasteiger charge is -2.40. The number of benzene rings is 1. The zero-order chi connectivity index (χ0) is 25.3. The highest BCUT2D eigenvalue weighted by Crippen LogP contribution is 2.49. The SMILES string of the molecule is C#CCOc1cnc(C(=O)Nc2cc(F)c(F)c([C@]3(C)C[C@](C)(C(F)F)SC(N)=N3)c2)c(C)c1. The topological polar surface area (TPSA) is 89.6 Å². The molecule has 0 saturated carbocycles. The van der Waals surface area contributed by atoms with Crippen molar-refractivity contribution < 1.29 is 27.1 Å². The molecule has 0 spiro atoms. The van der Waals surface area contributed by atoms with Gasteiger partial charge in [-0.15, -0.1) is 6.42 Å². The molecule has 1 aromatic heterocycles. The van der Waals surface area contributed by atoms with Crippen LogP contribution in [0.4, 0.5) is 23.2 Å². The van der Waals surface area contributed by atoms with E-state index >= 15 is 0 Å². The summed E-state index contributed by atoms with van der Waals surface area (Å²) in [6.45, 7) is 4.32. The molecule has 0 fully saturated rings. The number of nitrogens with one attached hydrogen (secondary N) is 1. The number of aliphatic imine (C=N–C) groups is 1. The number of ether oxygens (including phenoxy) is 1. The third-order valence-corrected chi connectivity index (χ3v) is 6.40. The maximum absolute atomic E-state index is 14.8. The standard InChI is InChI=1S/C23H22F4N4O2S/c1-5-6-33-14-7-12(2)18(29-10-14)19(32)30-13-8-15(17(25)16(24)9-13)22(3)11-23(4,20(26)27)34-21(28)31-22/h1,7-10,20H,6,11H2,2-4H3,(H2,28,31)(H,30,32)/t22-,23+/m0/s1. The van der Waals surface area contributed by atoms with Gasteiger partial charge in [0.05, 0.1) is 16.5 Å². The summed E-state index contributed by atoms with van der Waals surface area (Å²) in [5.41, 5.74) is 4.25. The van der Waals surface area contributed by atoms with Gasteiger partial charge in [0.1, 0.15) is 18.1 Å². The van der Waals surface area contributed by atoms with Crippen molar-refractivity contribution in [3.8, 4) is 18.1 Å². The van der Waals surface area contributed by atoms with E-state index < -0.39 is 34.3 Å². The van der Waals surface area contributed by atoms with Crippen LogP contribution in [0.15, 0.2) is 29.4 Å². The molecule has 0 radical (unpaired) electrons. The van der Waals surface area contributed by atoms with Gasteiger partial charge in [-0.25, -0.2) is 22.5 Å². The van der Waals surface area contributed by atoms with Gasteiger partial charge in [-0.1, -0.05) is 17.7 Å². The van der Waals surface area contributed by atoms with E-state index in [0.717, 1.165) is 12.1 Å². The van der Waals surface area contributed by atoms with Crippen molar-refractivity contribution in [1.82, 2.24) is 4.98 Å². The number of pyridine rings is 1. The first-order valence-corrected chi connectivity index (χ1v) is 10.9. The molecule has 0 unspecified atom stereocenters. The number of amides is 1. The molecule has 2 aromatic rings. The van der Waals surface area contributed by atoms with E-state index in [1.54, 1.807) is 13.0 Å². The van der Waals surface area contributed by atoms with Gasteiger partial charge in [-0.05, 0) is 44.9 Å². The number of thioether (sulfide) groups is 1. The molecule has 6 nitrogen and oxygen atoms in total. The summed E-state index contributed by atoms with van der Waals surface area (Å²) in [6.07, 6.45) is 3.35. The first kappa shape index (κ1) is 25.4. The van der Waals surface area contributed by atoms with E-state index in [9.17, 15) is 22.4 Å². The molecule has 3 N–H and O–H groups in total. The van der Waals surface area contributed by atoms with E-state index in [1.807, 2.05) is 0 Å². The molecule has 2 atom stereocenters. The average Bonchev–Trinajstić information content (AvgIpc) is 2.73. The minimum Gasteiger partial charge on any atom is -0.479 e. The highest BCUT2D eigenvalue weighted by Gasteiger charge is 2.48. The second kappa shape index (κ2) is 9.54. The van der Waals surface area contributed by atoms with Gasteiger partial charge in [0.25, 0.3) is 12.3 Å². The number of carbonyl (C=O) groups is 1. The number of rotatable bonds is 6. The van der Waals surface area contributed by atoms with Crippen molar-refractivity contribution in [3.63, 3.8) is 0 Å². The minimum atomic E-state index is -2.79. The molecule has 0 aliphatic carbocycles. The fraction of sp³-hybridized carbons (Fsp3) is 0.348. The summed E-state index contributed by atoms with van der Waals surface area (Å²) >= 11 is 0.686. The van der Waals surface area contributed by atoms with E-state index in [2.05, 4.69) is 21.2 Å². The number of halogens is 4. The number of anilines is 1. The van der Waals surface area contributed by atoms with Gasteiger partial charge in [-0.3, -0.25) is 9.79 Å². The van der Waals surface area contributed by atoms with Crippen molar-refractivity contribution in [2.24, 2.45) is 10.7 Å². The van der Waals surface area contributed by atoms with Crippen LogP contribution in [0.1, 0.15) is 41.9 Å². The number of alkyl halides is 2. The van der Waals surface area contributed by atoms with Gasteiger partial charge in [0.2, 0.25) is 0 Å². The summed E-state index contributed by atoms with van der Waals surface area (Å²) in [5.74, 6) is -0.554. The van der Waals surface area contributed by atoms with E-state index in [0.29, 0.717) is 23.1 Å². The number of terminal acetylenes is 1. The number of nitrogens with zero attached hydrogens (tertiary/aromatic N) is 2. The Hall–Kier alpha value is -3.26. The fourth-order valence-electron chi connectivity index (χ4n) is 3.78. The Morgan fingerprint density at radius 2 is 2.06 bits per heavy atom. The van der Waals surface area contributed by atoms with Gasteiger partial charge in [0.15, 0.2) is 16.8 Å². The summed E-state index contributed by atoms with van der Waals surface area (Å²) in [5, 5.41) is 2.30. The van der Waals surface area contributed by atoms with Crippen LogP contribution in [0.3, 0.4) is 0 Å². The van der Waals surface area contributed by atoms with Crippen LogP contribution in [-0.2, 0) is 5.54 Å². The third kappa shape index (κ3) is 5.12. The zero-order valence-electron chi connectivity index (χ0n) is 18.6. The highest BCUT2D eigenvalue weighted by atomic mass is 32.2. The molecule has 1 aliphatic rings. The molecular formula is C23H22F4N4O2S. The van der Waals surface area contributed by atoms with Crippen LogP contribution >= 0.6 is 11.8 Å². The quantitative estimate of drug-likeness (QED) is 0.452. The van der Waals surface area contributed by atoms with Crippen LogP contribution in [0, 0.1) is 30.9 Å². The summed E-state index contributed by atoms with van der Waals surface area (Å²) in [4.78, 5) is 21.0. The van der Waals surface area contributed by atoms with Crippen molar-refractivity contribution in [2.75, 3.05) is 11.9 Å². The summed E-state index contributed by atoms with van der Waals surface area (Å²) < 4.78 is 60.4. The molecule has 11 heteroatoms.